The number of nitrogens with one attached hydrogen (secondary N) is 1. The summed E-state index contributed by atoms with van der Waals surface area (Å²) in [5, 5.41) is 2.83. The summed E-state index contributed by atoms with van der Waals surface area (Å²) >= 11 is 1.65. The van der Waals surface area contributed by atoms with Gasteiger partial charge in [0, 0.05) is 17.4 Å². The summed E-state index contributed by atoms with van der Waals surface area (Å²) in [5.41, 5.74) is 6.97. The first-order chi connectivity index (χ1) is 8.08. The van der Waals surface area contributed by atoms with Crippen LogP contribution in [0.4, 0.5) is 11.4 Å². The second-order valence-corrected chi connectivity index (χ2v) is 4.71. The van der Waals surface area contributed by atoms with E-state index in [2.05, 4.69) is 5.32 Å². The first-order valence-corrected chi connectivity index (χ1v) is 6.71. The van der Waals surface area contributed by atoms with E-state index >= 15 is 0 Å². The summed E-state index contributed by atoms with van der Waals surface area (Å²) in [6.45, 7) is 1.90. The molecule has 0 spiro atoms. The highest BCUT2D eigenvalue weighted by Gasteiger charge is 2.12. The maximum absolute atomic E-state index is 11.8. The molecular formula is C12H18N2O2S. The van der Waals surface area contributed by atoms with E-state index < -0.39 is 0 Å². The van der Waals surface area contributed by atoms with Crippen LogP contribution in [0.1, 0.15) is 6.92 Å². The fourth-order valence-electron chi connectivity index (χ4n) is 1.40. The van der Waals surface area contributed by atoms with Crippen molar-refractivity contribution in [2.24, 2.45) is 5.92 Å². The molecule has 1 atom stereocenters. The van der Waals surface area contributed by atoms with Crippen LogP contribution in [0.15, 0.2) is 18.2 Å². The molecule has 4 nitrogen and oxygen atoms in total. The molecule has 0 saturated carbocycles. The number of amides is 1. The molecule has 0 fully saturated rings. The van der Waals surface area contributed by atoms with Crippen LogP contribution in [0.3, 0.4) is 0 Å². The predicted molar refractivity (Wildman–Crippen MR) is 73.6 cm³/mol. The summed E-state index contributed by atoms with van der Waals surface area (Å²) in [7, 11) is 1.56. The average Bonchev–Trinajstić information content (AvgIpc) is 2.29. The Morgan fingerprint density at radius 2 is 2.29 bits per heavy atom. The molecule has 0 radical (unpaired) electrons. The van der Waals surface area contributed by atoms with Crippen LogP contribution < -0.4 is 15.8 Å². The van der Waals surface area contributed by atoms with Crippen molar-refractivity contribution in [3.63, 3.8) is 0 Å². The number of anilines is 2. The monoisotopic (exact) mass is 254 g/mol. The number of thioether (sulfide) groups is 1. The molecule has 0 aliphatic carbocycles. The van der Waals surface area contributed by atoms with Gasteiger partial charge in [-0.2, -0.15) is 11.8 Å². The number of benzene rings is 1. The molecule has 94 valence electrons. The van der Waals surface area contributed by atoms with Crippen molar-refractivity contribution >= 4 is 29.0 Å². The second kappa shape index (κ2) is 6.39. The predicted octanol–water partition coefficient (Wildman–Crippen LogP) is 2.21. The summed E-state index contributed by atoms with van der Waals surface area (Å²) < 4.78 is 5.05. The third-order valence-electron chi connectivity index (χ3n) is 2.36. The molecule has 0 aromatic heterocycles. The van der Waals surface area contributed by atoms with E-state index in [-0.39, 0.29) is 11.8 Å². The van der Waals surface area contributed by atoms with Crippen molar-refractivity contribution in [3.8, 4) is 5.75 Å². The molecular weight excluding hydrogens is 236 g/mol. The number of rotatable bonds is 5. The van der Waals surface area contributed by atoms with Gasteiger partial charge < -0.3 is 15.8 Å². The third kappa shape index (κ3) is 3.85. The number of nitrogens with two attached hydrogens (primary N) is 1. The Kier molecular flexibility index (Phi) is 5.15. The lowest BCUT2D eigenvalue weighted by molar-refractivity contribution is -0.118. The van der Waals surface area contributed by atoms with Crippen LogP contribution in [0.25, 0.3) is 0 Å². The largest absolute Gasteiger partial charge is 0.495 e. The fourth-order valence-corrected chi connectivity index (χ4v) is 2.05. The molecule has 0 aliphatic heterocycles. The summed E-state index contributed by atoms with van der Waals surface area (Å²) in [6, 6.07) is 5.21. The summed E-state index contributed by atoms with van der Waals surface area (Å²) in [4.78, 5) is 11.8. The molecule has 1 unspecified atom stereocenters. The minimum atomic E-state index is -0.0201. The van der Waals surface area contributed by atoms with Crippen LogP contribution in [-0.2, 0) is 4.79 Å². The first-order valence-electron chi connectivity index (χ1n) is 5.31. The average molecular weight is 254 g/mol. The molecule has 0 bridgehead atoms. The number of nitrogen functional groups attached to an aromatic ring is 1. The molecule has 3 N–H and O–H groups in total. The standard InChI is InChI=1S/C12H18N2O2S/c1-8(7-17-3)12(15)14-9-4-5-11(16-2)10(13)6-9/h4-6,8H,7,13H2,1-3H3,(H,14,15). The van der Waals surface area contributed by atoms with E-state index in [0.29, 0.717) is 17.1 Å². The van der Waals surface area contributed by atoms with E-state index in [1.807, 2.05) is 13.2 Å². The Morgan fingerprint density at radius 3 is 2.82 bits per heavy atom. The van der Waals surface area contributed by atoms with E-state index in [0.717, 1.165) is 5.75 Å². The SMILES string of the molecule is COc1ccc(NC(=O)C(C)CSC)cc1N. The van der Waals surface area contributed by atoms with Gasteiger partial charge in [0.15, 0.2) is 0 Å². The van der Waals surface area contributed by atoms with Gasteiger partial charge in [-0.15, -0.1) is 0 Å². The molecule has 0 aliphatic rings. The molecule has 0 saturated heterocycles. The fraction of sp³-hybridized carbons (Fsp3) is 0.417. The van der Waals surface area contributed by atoms with E-state index in [4.69, 9.17) is 10.5 Å². The summed E-state index contributed by atoms with van der Waals surface area (Å²) in [5.74, 6) is 1.40. The van der Waals surface area contributed by atoms with Gasteiger partial charge in [0.1, 0.15) is 5.75 Å². The lowest BCUT2D eigenvalue weighted by Gasteiger charge is -2.12. The summed E-state index contributed by atoms with van der Waals surface area (Å²) in [6.07, 6.45) is 1.98. The Morgan fingerprint density at radius 1 is 1.59 bits per heavy atom. The van der Waals surface area contributed by atoms with E-state index in [9.17, 15) is 4.79 Å². The highest BCUT2D eigenvalue weighted by molar-refractivity contribution is 7.98. The zero-order valence-corrected chi connectivity index (χ0v) is 11.1. The zero-order chi connectivity index (χ0) is 12.8. The number of ether oxygens (including phenoxy) is 1. The quantitative estimate of drug-likeness (QED) is 0.791. The van der Waals surface area contributed by atoms with Crippen molar-refractivity contribution < 1.29 is 9.53 Å². The van der Waals surface area contributed by atoms with E-state index in [1.54, 1.807) is 37.1 Å². The van der Waals surface area contributed by atoms with Crippen molar-refractivity contribution in [1.82, 2.24) is 0 Å². The van der Waals surface area contributed by atoms with Gasteiger partial charge in [0.25, 0.3) is 0 Å². The van der Waals surface area contributed by atoms with Gasteiger partial charge in [-0.25, -0.2) is 0 Å². The Labute approximate surface area is 106 Å². The molecule has 0 heterocycles. The van der Waals surface area contributed by atoms with Crippen LogP contribution in [0.5, 0.6) is 5.75 Å². The van der Waals surface area contributed by atoms with Gasteiger partial charge >= 0.3 is 0 Å². The highest BCUT2D eigenvalue weighted by Crippen LogP contribution is 2.24. The molecule has 1 amide bonds. The minimum Gasteiger partial charge on any atom is -0.495 e. The van der Waals surface area contributed by atoms with Crippen LogP contribution in [0, 0.1) is 5.92 Å². The van der Waals surface area contributed by atoms with Crippen LogP contribution in [0.2, 0.25) is 0 Å². The lowest BCUT2D eigenvalue weighted by Crippen LogP contribution is -2.22. The third-order valence-corrected chi connectivity index (χ3v) is 3.19. The van der Waals surface area contributed by atoms with Crippen LogP contribution >= 0.6 is 11.8 Å². The minimum absolute atomic E-state index is 0.00363. The van der Waals surface area contributed by atoms with E-state index in [1.165, 1.54) is 0 Å². The Bertz CT molecular complexity index is 396. The maximum atomic E-state index is 11.8. The number of methoxy groups -OCH3 is 1. The normalized spacial score (nSPS) is 11.9. The first kappa shape index (κ1) is 13.7. The zero-order valence-electron chi connectivity index (χ0n) is 10.3. The molecule has 5 heteroatoms. The van der Waals surface area contributed by atoms with Gasteiger partial charge in [0.2, 0.25) is 5.91 Å². The number of carbonyl (C=O) groups is 1. The number of hydrogen-bond donors (Lipinski definition) is 2. The maximum Gasteiger partial charge on any atom is 0.228 e. The van der Waals surface area contributed by atoms with Gasteiger partial charge in [-0.1, -0.05) is 6.92 Å². The van der Waals surface area contributed by atoms with Gasteiger partial charge in [0.05, 0.1) is 12.8 Å². The molecule has 1 rings (SSSR count). The second-order valence-electron chi connectivity index (χ2n) is 3.80. The highest BCUT2D eigenvalue weighted by atomic mass is 32.2. The number of carbonyl (C=O) groups excluding carboxylic acids is 1. The Balaban J connectivity index is 2.69. The van der Waals surface area contributed by atoms with Crippen molar-refractivity contribution in [2.45, 2.75) is 6.92 Å². The van der Waals surface area contributed by atoms with Gasteiger partial charge in [-0.3, -0.25) is 4.79 Å². The number of hydrogen-bond acceptors (Lipinski definition) is 4. The van der Waals surface area contributed by atoms with Gasteiger partial charge in [-0.05, 0) is 24.5 Å². The van der Waals surface area contributed by atoms with Crippen molar-refractivity contribution in [3.05, 3.63) is 18.2 Å². The lowest BCUT2D eigenvalue weighted by atomic mass is 10.2. The van der Waals surface area contributed by atoms with Crippen LogP contribution in [-0.4, -0.2) is 25.0 Å². The van der Waals surface area contributed by atoms with Crippen molar-refractivity contribution in [2.75, 3.05) is 30.2 Å². The smallest absolute Gasteiger partial charge is 0.228 e. The molecule has 17 heavy (non-hydrogen) atoms. The Hall–Kier alpha value is -1.36. The molecule has 1 aromatic rings. The topological polar surface area (TPSA) is 64.3 Å². The van der Waals surface area contributed by atoms with Crippen molar-refractivity contribution in [1.29, 1.82) is 0 Å². The molecule has 1 aromatic carbocycles.